The minimum absolute atomic E-state index is 0.244. The van der Waals surface area contributed by atoms with E-state index in [4.69, 9.17) is 0 Å². The predicted molar refractivity (Wildman–Crippen MR) is 239 cm³/mol. The van der Waals surface area contributed by atoms with Crippen molar-refractivity contribution in [2.75, 3.05) is 0 Å². The Labute approximate surface area is 330 Å². The average molecular weight is 717 g/mol. The second kappa shape index (κ2) is 15.0. The zero-order valence-corrected chi connectivity index (χ0v) is 31.6. The maximum atomic E-state index is 2.48. The van der Waals surface area contributed by atoms with E-state index in [0.717, 1.165) is 19.3 Å². The lowest BCUT2D eigenvalue weighted by atomic mass is 9.68. The van der Waals surface area contributed by atoms with Crippen LogP contribution in [0.1, 0.15) is 58.6 Å². The summed E-state index contributed by atoms with van der Waals surface area (Å²) in [5.74, 6) is 0.799. The van der Waals surface area contributed by atoms with E-state index in [-0.39, 0.29) is 11.8 Å². The third kappa shape index (κ3) is 6.42. The van der Waals surface area contributed by atoms with Crippen molar-refractivity contribution in [3.05, 3.63) is 250 Å². The van der Waals surface area contributed by atoms with Crippen LogP contribution in [0.5, 0.6) is 0 Å². The molecule has 56 heavy (non-hydrogen) atoms. The highest BCUT2D eigenvalue weighted by Gasteiger charge is 2.34. The summed E-state index contributed by atoms with van der Waals surface area (Å²) in [6.07, 6.45) is 28.8. The molecule has 0 amide bonds. The van der Waals surface area contributed by atoms with Gasteiger partial charge >= 0.3 is 0 Å². The quantitative estimate of drug-likeness (QED) is 0.144. The minimum atomic E-state index is 0.244. The molecule has 0 aromatic heterocycles. The molecule has 6 aromatic carbocycles. The molecule has 0 nitrogen and oxygen atoms in total. The van der Waals surface area contributed by atoms with Crippen molar-refractivity contribution in [3.63, 3.8) is 0 Å². The highest BCUT2D eigenvalue weighted by molar-refractivity contribution is 6.00. The number of fused-ring (bicyclic) bond motifs is 3. The molecule has 4 aliphatic carbocycles. The standard InChI is InChI=1S/C56H44/c1-4-16-40(17-5-1)45-36-46(41-18-6-2-7-19-41)38-47(37-45)56-53-26-14-12-24-51(53)55(52-25-13-15-27-54(52)56)44-32-29-39(30-33-44)28-31-43-34-35-49(42-20-8-3-9-21-42)50-23-11-10-22-48(43)50/h1-8,10-20,22-37,46,51,53H,9,21,38H2. The first-order valence-electron chi connectivity index (χ1n) is 20.2. The lowest BCUT2D eigenvalue weighted by molar-refractivity contribution is 0.675. The first-order chi connectivity index (χ1) is 27.8. The Morgan fingerprint density at radius 3 is 1.95 bits per heavy atom. The van der Waals surface area contributed by atoms with E-state index >= 15 is 0 Å². The van der Waals surface area contributed by atoms with Gasteiger partial charge in [-0.05, 0) is 102 Å². The monoisotopic (exact) mass is 716 g/mol. The molecule has 0 saturated carbocycles. The first-order valence-corrected chi connectivity index (χ1v) is 20.2. The molecule has 268 valence electrons. The van der Waals surface area contributed by atoms with Crippen LogP contribution in [-0.4, -0.2) is 0 Å². The van der Waals surface area contributed by atoms with Gasteiger partial charge in [-0.2, -0.15) is 0 Å². The van der Waals surface area contributed by atoms with Gasteiger partial charge in [0.1, 0.15) is 0 Å². The van der Waals surface area contributed by atoms with Crippen LogP contribution in [0.3, 0.4) is 0 Å². The van der Waals surface area contributed by atoms with Crippen LogP contribution < -0.4 is 10.4 Å². The lowest BCUT2D eigenvalue weighted by Crippen LogP contribution is -2.40. The molecule has 10 rings (SSSR count). The van der Waals surface area contributed by atoms with Crippen molar-refractivity contribution < 1.29 is 0 Å². The summed E-state index contributed by atoms with van der Waals surface area (Å²) in [7, 11) is 0. The number of hydrogen-bond donors (Lipinski definition) is 0. The topological polar surface area (TPSA) is 0 Å². The van der Waals surface area contributed by atoms with Crippen molar-refractivity contribution in [1.82, 2.24) is 0 Å². The van der Waals surface area contributed by atoms with E-state index in [2.05, 4.69) is 212 Å². The Morgan fingerprint density at radius 1 is 0.518 bits per heavy atom. The van der Waals surface area contributed by atoms with Gasteiger partial charge in [0.05, 0.1) is 0 Å². The number of rotatable bonds is 7. The van der Waals surface area contributed by atoms with Crippen LogP contribution in [0.15, 0.2) is 206 Å². The second-order valence-electron chi connectivity index (χ2n) is 15.4. The first kappa shape index (κ1) is 34.0. The summed E-state index contributed by atoms with van der Waals surface area (Å²) in [6, 6.07) is 53.8. The van der Waals surface area contributed by atoms with E-state index in [1.807, 2.05) is 0 Å². The van der Waals surface area contributed by atoms with Crippen LogP contribution in [0.2, 0.25) is 0 Å². The third-order valence-electron chi connectivity index (χ3n) is 12.1. The normalized spacial score (nSPS) is 20.1. The smallest absolute Gasteiger partial charge is 0.0137 e. The number of hydrogen-bond acceptors (Lipinski definition) is 0. The summed E-state index contributed by atoms with van der Waals surface area (Å²) in [6.45, 7) is 0. The van der Waals surface area contributed by atoms with Crippen LogP contribution >= 0.6 is 0 Å². The SMILES string of the molecule is C1=CCCC(c2ccc(C=Cc3ccc(C4=c5ccccc5=C(C5=CC(c6ccccc6)=CC(c6ccccc6)C5)C5C=CC=CC45)cc3)c3ccccc23)=C1. The summed E-state index contributed by atoms with van der Waals surface area (Å²) in [5.41, 5.74) is 14.8. The zero-order valence-electron chi connectivity index (χ0n) is 31.6. The Morgan fingerprint density at radius 2 is 1.20 bits per heavy atom. The van der Waals surface area contributed by atoms with Gasteiger partial charge in [-0.3, -0.25) is 0 Å². The summed E-state index contributed by atoms with van der Waals surface area (Å²) in [5, 5.41) is 5.32. The molecule has 0 radical (unpaired) electrons. The minimum Gasteiger partial charge on any atom is -0.0842 e. The van der Waals surface area contributed by atoms with Crippen molar-refractivity contribution in [2.45, 2.75) is 25.2 Å². The molecular formula is C56H44. The number of benzene rings is 6. The molecule has 0 heterocycles. The van der Waals surface area contributed by atoms with E-state index in [0.29, 0.717) is 5.92 Å². The Hall–Kier alpha value is -6.50. The fourth-order valence-electron chi connectivity index (χ4n) is 9.46. The summed E-state index contributed by atoms with van der Waals surface area (Å²) < 4.78 is 0. The zero-order chi connectivity index (χ0) is 37.3. The molecule has 3 unspecified atom stereocenters. The van der Waals surface area contributed by atoms with E-state index in [1.54, 1.807) is 0 Å². The van der Waals surface area contributed by atoms with Gasteiger partial charge in [0.15, 0.2) is 0 Å². The van der Waals surface area contributed by atoms with Gasteiger partial charge < -0.3 is 0 Å². The average Bonchev–Trinajstić information content (AvgIpc) is 3.28. The molecule has 0 heteroatoms. The van der Waals surface area contributed by atoms with Crippen LogP contribution in [-0.2, 0) is 0 Å². The van der Waals surface area contributed by atoms with Crippen LogP contribution in [0.25, 0.3) is 45.2 Å². The molecule has 3 atom stereocenters. The number of allylic oxidation sites excluding steroid dienone is 12. The molecule has 0 bridgehead atoms. The Kier molecular flexibility index (Phi) is 9.09. The van der Waals surface area contributed by atoms with E-state index in [9.17, 15) is 0 Å². The van der Waals surface area contributed by atoms with Crippen molar-refractivity contribution in [1.29, 1.82) is 0 Å². The molecular weight excluding hydrogens is 673 g/mol. The fourth-order valence-corrected chi connectivity index (χ4v) is 9.46. The van der Waals surface area contributed by atoms with E-state index < -0.39 is 0 Å². The van der Waals surface area contributed by atoms with Gasteiger partial charge in [-0.25, -0.2) is 0 Å². The maximum absolute atomic E-state index is 2.48. The van der Waals surface area contributed by atoms with Crippen molar-refractivity contribution in [2.24, 2.45) is 11.8 Å². The Balaban J connectivity index is 1.05. The van der Waals surface area contributed by atoms with Crippen molar-refractivity contribution >= 4 is 45.2 Å². The molecule has 0 fully saturated rings. The van der Waals surface area contributed by atoms with Gasteiger partial charge in [0.2, 0.25) is 0 Å². The van der Waals surface area contributed by atoms with Gasteiger partial charge in [0.25, 0.3) is 0 Å². The molecule has 0 saturated heterocycles. The molecule has 0 aliphatic heterocycles. The van der Waals surface area contributed by atoms with Crippen LogP contribution in [0, 0.1) is 11.8 Å². The predicted octanol–water partition coefficient (Wildman–Crippen LogP) is 12.7. The summed E-state index contributed by atoms with van der Waals surface area (Å²) in [4.78, 5) is 0. The maximum Gasteiger partial charge on any atom is 0.0137 e. The van der Waals surface area contributed by atoms with Gasteiger partial charge in [-0.1, -0.05) is 212 Å². The largest absolute Gasteiger partial charge is 0.0842 e. The lowest BCUT2D eigenvalue weighted by Gasteiger charge is -2.36. The molecule has 0 N–H and O–H groups in total. The van der Waals surface area contributed by atoms with Gasteiger partial charge in [-0.15, -0.1) is 0 Å². The van der Waals surface area contributed by atoms with Crippen LogP contribution in [0.4, 0.5) is 0 Å². The highest BCUT2D eigenvalue weighted by Crippen LogP contribution is 2.45. The highest BCUT2D eigenvalue weighted by atomic mass is 14.4. The summed E-state index contributed by atoms with van der Waals surface area (Å²) >= 11 is 0. The second-order valence-corrected chi connectivity index (χ2v) is 15.4. The van der Waals surface area contributed by atoms with Crippen molar-refractivity contribution in [3.8, 4) is 0 Å². The van der Waals surface area contributed by atoms with Gasteiger partial charge in [0, 0.05) is 17.8 Å². The Bertz CT molecular complexity index is 2800. The molecule has 0 spiro atoms. The van der Waals surface area contributed by atoms with E-state index in [1.165, 1.54) is 82.5 Å². The molecule has 4 aliphatic rings. The third-order valence-corrected chi connectivity index (χ3v) is 12.1. The fraction of sp³-hybridized carbons (Fsp3) is 0.107. The molecule has 6 aromatic rings.